The van der Waals surface area contributed by atoms with Gasteiger partial charge in [-0.1, -0.05) is 6.42 Å². The predicted molar refractivity (Wildman–Crippen MR) is 123 cm³/mol. The van der Waals surface area contributed by atoms with Crippen LogP contribution in [0.1, 0.15) is 45.4 Å². The topological polar surface area (TPSA) is 101 Å². The summed E-state index contributed by atoms with van der Waals surface area (Å²) in [6.07, 6.45) is 5.42. The number of hydrogen-bond donors (Lipinski definition) is 0. The van der Waals surface area contributed by atoms with E-state index in [0.29, 0.717) is 38.6 Å². The van der Waals surface area contributed by atoms with Crippen LogP contribution in [0.25, 0.3) is 0 Å². The summed E-state index contributed by atoms with van der Waals surface area (Å²) in [5.41, 5.74) is 0. The third kappa shape index (κ3) is 3.71. The van der Waals surface area contributed by atoms with Crippen LogP contribution in [-0.4, -0.2) is 80.3 Å². The fourth-order valence-electron chi connectivity index (χ4n) is 9.28. The van der Waals surface area contributed by atoms with E-state index in [9.17, 15) is 14.4 Å². The molecule has 4 bridgehead atoms. The first-order chi connectivity index (χ1) is 17.5. The average Bonchev–Trinajstić information content (AvgIpc) is 3.65. The van der Waals surface area contributed by atoms with Crippen LogP contribution in [0.4, 0.5) is 0 Å². The van der Waals surface area contributed by atoms with Gasteiger partial charge in [-0.25, -0.2) is 0 Å². The summed E-state index contributed by atoms with van der Waals surface area (Å²) in [7, 11) is 0. The Morgan fingerprint density at radius 3 is 2.67 bits per heavy atom. The molecule has 0 aromatic heterocycles. The molecule has 0 radical (unpaired) electrons. The van der Waals surface area contributed by atoms with E-state index in [4.69, 9.17) is 23.7 Å². The van der Waals surface area contributed by atoms with E-state index >= 15 is 0 Å². The third-order valence-electron chi connectivity index (χ3n) is 10.6. The Bertz CT molecular complexity index is 919. The number of esters is 3. The van der Waals surface area contributed by atoms with E-state index in [1.54, 1.807) is 6.92 Å². The largest absolute Gasteiger partial charge is 0.458 e. The van der Waals surface area contributed by atoms with Crippen LogP contribution >= 0.6 is 0 Å². The maximum absolute atomic E-state index is 13.4. The highest BCUT2D eigenvalue weighted by molar-refractivity contribution is 5.86. The van der Waals surface area contributed by atoms with Gasteiger partial charge in [-0.2, -0.15) is 0 Å². The van der Waals surface area contributed by atoms with E-state index in [2.05, 4.69) is 0 Å². The number of carbonyl (C=O) groups excluding carboxylic acids is 3. The first-order valence-corrected chi connectivity index (χ1v) is 14.0. The Hall–Kier alpha value is -1.71. The van der Waals surface area contributed by atoms with Crippen molar-refractivity contribution in [3.8, 4) is 0 Å². The summed E-state index contributed by atoms with van der Waals surface area (Å²) < 4.78 is 28.9. The highest BCUT2D eigenvalue weighted by Crippen LogP contribution is 2.60. The number of hydrogen-bond acceptors (Lipinski definition) is 9. The molecule has 0 spiro atoms. The second-order valence-corrected chi connectivity index (χ2v) is 12.2. The molecule has 198 valence electrons. The van der Waals surface area contributed by atoms with E-state index in [0.717, 1.165) is 24.2 Å². The van der Waals surface area contributed by atoms with Gasteiger partial charge in [0.15, 0.2) is 6.29 Å². The second-order valence-electron chi connectivity index (χ2n) is 12.2. The number of morpholine rings is 1. The van der Waals surface area contributed by atoms with E-state index < -0.39 is 36.3 Å². The van der Waals surface area contributed by atoms with Gasteiger partial charge in [0, 0.05) is 24.9 Å². The summed E-state index contributed by atoms with van der Waals surface area (Å²) in [5.74, 6) is 0.373. The molecule has 12 unspecified atom stereocenters. The molecule has 7 rings (SSSR count). The molecule has 5 aliphatic carbocycles. The van der Waals surface area contributed by atoms with Crippen LogP contribution in [0, 0.1) is 47.3 Å². The Labute approximate surface area is 211 Å². The van der Waals surface area contributed by atoms with Gasteiger partial charge < -0.3 is 23.7 Å². The molecule has 5 saturated carbocycles. The normalized spacial score (nSPS) is 47.1. The zero-order chi connectivity index (χ0) is 24.6. The monoisotopic (exact) mass is 503 g/mol. The Balaban J connectivity index is 0.980. The molecule has 36 heavy (non-hydrogen) atoms. The highest BCUT2D eigenvalue weighted by atomic mass is 16.7. The molecule has 7 fully saturated rings. The molecule has 2 aliphatic heterocycles. The van der Waals surface area contributed by atoms with Crippen LogP contribution in [0.2, 0.25) is 0 Å². The van der Waals surface area contributed by atoms with Crippen LogP contribution in [0.5, 0.6) is 0 Å². The minimum atomic E-state index is -0.656. The van der Waals surface area contributed by atoms with Crippen molar-refractivity contribution >= 4 is 17.9 Å². The molecule has 9 nitrogen and oxygen atoms in total. The zero-order valence-corrected chi connectivity index (χ0v) is 20.9. The molecule has 0 N–H and O–H groups in total. The first kappa shape index (κ1) is 23.4. The molecule has 9 heteroatoms. The van der Waals surface area contributed by atoms with Gasteiger partial charge in [0.25, 0.3) is 0 Å². The Kier molecular flexibility index (Phi) is 5.82. The SMILES string of the molecule is CC(OC(=O)C1C2CC3C(OC(=O)C31)C2OC(=O)CN1CCOCC1)OC1CC2CC1C1CCCC21. The summed E-state index contributed by atoms with van der Waals surface area (Å²) in [6, 6.07) is 0. The Morgan fingerprint density at radius 2 is 1.83 bits per heavy atom. The van der Waals surface area contributed by atoms with Gasteiger partial charge in [0.2, 0.25) is 0 Å². The molecule has 0 aromatic rings. The first-order valence-electron chi connectivity index (χ1n) is 14.0. The highest BCUT2D eigenvalue weighted by Gasteiger charge is 2.70. The lowest BCUT2D eigenvalue weighted by Gasteiger charge is -2.34. The average molecular weight is 504 g/mol. The smallest absolute Gasteiger partial charge is 0.320 e. The van der Waals surface area contributed by atoms with E-state index in [1.165, 1.54) is 25.7 Å². The van der Waals surface area contributed by atoms with Crippen molar-refractivity contribution in [3.63, 3.8) is 0 Å². The lowest BCUT2D eigenvalue weighted by Crippen LogP contribution is -2.46. The van der Waals surface area contributed by atoms with Crippen LogP contribution in [0.15, 0.2) is 0 Å². The number of fused-ring (bicyclic) bond motifs is 6. The van der Waals surface area contributed by atoms with E-state index in [1.807, 2.05) is 4.90 Å². The summed E-state index contributed by atoms with van der Waals surface area (Å²) in [6.45, 7) is 4.53. The van der Waals surface area contributed by atoms with Crippen molar-refractivity contribution < 1.29 is 38.1 Å². The summed E-state index contributed by atoms with van der Waals surface area (Å²) in [5, 5.41) is 0. The third-order valence-corrected chi connectivity index (χ3v) is 10.6. The molecular formula is C27H37NO8. The zero-order valence-electron chi connectivity index (χ0n) is 20.9. The molecule has 2 heterocycles. The number of nitrogens with zero attached hydrogens (tertiary/aromatic N) is 1. The molecule has 0 amide bonds. The fourth-order valence-corrected chi connectivity index (χ4v) is 9.28. The van der Waals surface area contributed by atoms with Gasteiger partial charge in [-0.3, -0.25) is 19.3 Å². The second kappa shape index (κ2) is 8.95. The summed E-state index contributed by atoms with van der Waals surface area (Å²) in [4.78, 5) is 40.8. The maximum Gasteiger partial charge on any atom is 0.320 e. The molecule has 0 aromatic carbocycles. The lowest BCUT2D eigenvalue weighted by atomic mass is 9.78. The molecular weight excluding hydrogens is 466 g/mol. The molecule has 2 saturated heterocycles. The quantitative estimate of drug-likeness (QED) is 0.292. The van der Waals surface area contributed by atoms with Crippen molar-refractivity contribution in [2.45, 2.75) is 70.1 Å². The lowest BCUT2D eigenvalue weighted by molar-refractivity contribution is -0.201. The van der Waals surface area contributed by atoms with E-state index in [-0.39, 0.29) is 36.4 Å². The predicted octanol–water partition coefficient (Wildman–Crippen LogP) is 1.77. The van der Waals surface area contributed by atoms with Crippen molar-refractivity contribution in [1.29, 1.82) is 0 Å². The van der Waals surface area contributed by atoms with Gasteiger partial charge >= 0.3 is 17.9 Å². The van der Waals surface area contributed by atoms with Crippen molar-refractivity contribution in [2.75, 3.05) is 32.8 Å². The number of carbonyl (C=O) groups is 3. The minimum Gasteiger partial charge on any atom is -0.458 e. The van der Waals surface area contributed by atoms with Crippen LogP contribution in [0.3, 0.4) is 0 Å². The Morgan fingerprint density at radius 1 is 1.03 bits per heavy atom. The number of ether oxygens (including phenoxy) is 5. The van der Waals surface area contributed by atoms with Crippen LogP contribution in [-0.2, 0) is 38.1 Å². The minimum absolute atomic E-state index is 0.0951. The van der Waals surface area contributed by atoms with Crippen molar-refractivity contribution in [1.82, 2.24) is 4.90 Å². The van der Waals surface area contributed by atoms with Gasteiger partial charge in [0.1, 0.15) is 12.2 Å². The van der Waals surface area contributed by atoms with Crippen molar-refractivity contribution in [3.05, 3.63) is 0 Å². The standard InChI is InChI=1S/C27H37NO8/c1-13(33-20-10-14-9-17(20)16-4-2-3-15(14)16)34-26(30)22-18-11-19-23(22)27(31)36-25(19)24(18)35-21(29)12-28-5-7-32-8-6-28/h13-20,22-25H,2-12H2,1H3. The van der Waals surface area contributed by atoms with Gasteiger partial charge in [-0.05, 0) is 62.7 Å². The van der Waals surface area contributed by atoms with Gasteiger partial charge in [0.05, 0.1) is 37.7 Å². The maximum atomic E-state index is 13.4. The molecule has 7 aliphatic rings. The summed E-state index contributed by atoms with van der Waals surface area (Å²) >= 11 is 0. The number of rotatable bonds is 7. The fraction of sp³-hybridized carbons (Fsp3) is 0.889. The van der Waals surface area contributed by atoms with Crippen LogP contribution < -0.4 is 0 Å². The van der Waals surface area contributed by atoms with Gasteiger partial charge in [-0.15, -0.1) is 0 Å². The van der Waals surface area contributed by atoms with Crippen molar-refractivity contribution in [2.24, 2.45) is 47.3 Å². The molecule has 12 atom stereocenters.